The van der Waals surface area contributed by atoms with Gasteiger partial charge >= 0.3 is 12.0 Å². The summed E-state index contributed by atoms with van der Waals surface area (Å²) >= 11 is 0. The van der Waals surface area contributed by atoms with E-state index in [0.717, 1.165) is 6.42 Å². The van der Waals surface area contributed by atoms with Crippen molar-refractivity contribution in [3.05, 3.63) is 0 Å². The lowest BCUT2D eigenvalue weighted by Crippen LogP contribution is -2.53. The number of hydrogen-bond donors (Lipinski definition) is 3. The highest BCUT2D eigenvalue weighted by molar-refractivity contribution is 5.82. The molecule has 2 amide bonds. The Labute approximate surface area is 112 Å². The van der Waals surface area contributed by atoms with E-state index in [1.165, 1.54) is 0 Å². The molecule has 1 rings (SSSR count). The van der Waals surface area contributed by atoms with Crippen molar-refractivity contribution >= 4 is 12.0 Å². The van der Waals surface area contributed by atoms with Crippen LogP contribution in [-0.4, -0.2) is 66.1 Å². The normalized spacial score (nSPS) is 24.9. The van der Waals surface area contributed by atoms with Crippen molar-refractivity contribution in [1.29, 1.82) is 0 Å². The van der Waals surface area contributed by atoms with Crippen molar-refractivity contribution in [3.63, 3.8) is 0 Å². The fraction of sp³-hybridized carbons (Fsp3) is 0.833. The predicted molar refractivity (Wildman–Crippen MR) is 67.8 cm³/mol. The second-order valence-corrected chi connectivity index (χ2v) is 4.84. The molecule has 0 saturated carbocycles. The van der Waals surface area contributed by atoms with Gasteiger partial charge in [-0.15, -0.1) is 0 Å². The molecule has 19 heavy (non-hydrogen) atoms. The molecule has 110 valence electrons. The molecule has 0 aromatic heterocycles. The van der Waals surface area contributed by atoms with Gasteiger partial charge in [-0.2, -0.15) is 0 Å². The Hall–Kier alpha value is -1.34. The van der Waals surface area contributed by atoms with Crippen molar-refractivity contribution in [3.8, 4) is 0 Å². The lowest BCUT2D eigenvalue weighted by atomic mass is 9.96. The van der Waals surface area contributed by atoms with E-state index in [1.807, 2.05) is 0 Å². The maximum absolute atomic E-state index is 12.0. The first-order valence-electron chi connectivity index (χ1n) is 6.41. The molecular formula is C12H22N2O5. The molecular weight excluding hydrogens is 252 g/mol. The number of nitrogens with zero attached hydrogens (tertiary/aromatic N) is 1. The van der Waals surface area contributed by atoms with Crippen LogP contribution in [0.5, 0.6) is 0 Å². The summed E-state index contributed by atoms with van der Waals surface area (Å²) < 4.78 is 5.31. The number of carbonyl (C=O) groups excluding carboxylic acids is 1. The fourth-order valence-electron chi connectivity index (χ4n) is 2.15. The minimum atomic E-state index is -1.14. The standard InChI is InChI=1S/C12H22N2O5/c1-8-3-5-14(7-10(8)19-2)12(18)13-9(4-6-15)11(16)17/h8-10,15H,3-7H2,1-2H3,(H,13,18)(H,16,17). The van der Waals surface area contributed by atoms with Gasteiger partial charge < -0.3 is 25.2 Å². The second kappa shape index (κ2) is 7.30. The number of carboxylic acid groups (broad SMARTS) is 1. The van der Waals surface area contributed by atoms with Crippen LogP contribution in [-0.2, 0) is 9.53 Å². The number of amides is 2. The van der Waals surface area contributed by atoms with Gasteiger partial charge in [0, 0.05) is 33.2 Å². The average molecular weight is 274 g/mol. The Morgan fingerprint density at radius 2 is 2.21 bits per heavy atom. The first-order valence-corrected chi connectivity index (χ1v) is 6.41. The van der Waals surface area contributed by atoms with Crippen LogP contribution in [0.25, 0.3) is 0 Å². The van der Waals surface area contributed by atoms with Gasteiger partial charge in [0.05, 0.1) is 6.10 Å². The van der Waals surface area contributed by atoms with Gasteiger partial charge in [-0.05, 0) is 12.3 Å². The number of methoxy groups -OCH3 is 1. The largest absolute Gasteiger partial charge is 0.480 e. The Kier molecular flexibility index (Phi) is 6.04. The summed E-state index contributed by atoms with van der Waals surface area (Å²) in [6.45, 7) is 2.82. The first kappa shape index (κ1) is 15.7. The van der Waals surface area contributed by atoms with Crippen LogP contribution in [0, 0.1) is 5.92 Å². The van der Waals surface area contributed by atoms with Gasteiger partial charge in [-0.25, -0.2) is 9.59 Å². The van der Waals surface area contributed by atoms with E-state index in [4.69, 9.17) is 14.9 Å². The topological polar surface area (TPSA) is 99.1 Å². The van der Waals surface area contributed by atoms with Crippen LogP contribution in [0.15, 0.2) is 0 Å². The fourth-order valence-corrected chi connectivity index (χ4v) is 2.15. The van der Waals surface area contributed by atoms with E-state index in [0.29, 0.717) is 19.0 Å². The Morgan fingerprint density at radius 1 is 1.53 bits per heavy atom. The SMILES string of the molecule is COC1CN(C(=O)NC(CCO)C(=O)O)CCC1C. The molecule has 7 heteroatoms. The monoisotopic (exact) mass is 274 g/mol. The van der Waals surface area contributed by atoms with E-state index < -0.39 is 18.0 Å². The van der Waals surface area contributed by atoms with Gasteiger partial charge in [-0.3, -0.25) is 0 Å². The highest BCUT2D eigenvalue weighted by atomic mass is 16.5. The van der Waals surface area contributed by atoms with Crippen LogP contribution in [0.4, 0.5) is 4.79 Å². The van der Waals surface area contributed by atoms with Gasteiger partial charge in [0.15, 0.2) is 0 Å². The lowest BCUT2D eigenvalue weighted by Gasteiger charge is -2.36. The summed E-state index contributed by atoms with van der Waals surface area (Å²) in [6.07, 6.45) is 0.795. The Balaban J connectivity index is 2.55. The number of hydrogen-bond acceptors (Lipinski definition) is 4. The molecule has 7 nitrogen and oxygen atoms in total. The zero-order valence-corrected chi connectivity index (χ0v) is 11.3. The molecule has 1 aliphatic heterocycles. The number of piperidine rings is 1. The van der Waals surface area contributed by atoms with Crippen LogP contribution < -0.4 is 5.32 Å². The predicted octanol–water partition coefficient (Wildman–Crippen LogP) is -0.112. The summed E-state index contributed by atoms with van der Waals surface area (Å²) in [6, 6.07) is -1.48. The summed E-state index contributed by atoms with van der Waals surface area (Å²) in [5, 5.41) is 20.1. The maximum atomic E-state index is 12.0. The van der Waals surface area contributed by atoms with E-state index in [1.54, 1.807) is 12.0 Å². The summed E-state index contributed by atoms with van der Waals surface area (Å²) in [5.41, 5.74) is 0. The highest BCUT2D eigenvalue weighted by Crippen LogP contribution is 2.19. The molecule has 1 aliphatic rings. The molecule has 0 spiro atoms. The minimum absolute atomic E-state index is 0.000970. The van der Waals surface area contributed by atoms with Crippen molar-refractivity contribution in [2.45, 2.75) is 31.9 Å². The lowest BCUT2D eigenvalue weighted by molar-refractivity contribution is -0.139. The summed E-state index contributed by atoms with van der Waals surface area (Å²) in [7, 11) is 1.61. The number of likely N-dealkylation sites (tertiary alicyclic amines) is 1. The van der Waals surface area contributed by atoms with Gasteiger partial charge in [-0.1, -0.05) is 6.92 Å². The van der Waals surface area contributed by atoms with Crippen molar-refractivity contribution in [1.82, 2.24) is 10.2 Å². The third-order valence-electron chi connectivity index (χ3n) is 3.49. The molecule has 1 saturated heterocycles. The Morgan fingerprint density at radius 3 is 2.74 bits per heavy atom. The van der Waals surface area contributed by atoms with E-state index in [2.05, 4.69) is 12.2 Å². The molecule has 3 atom stereocenters. The number of rotatable bonds is 5. The number of nitrogens with one attached hydrogen (secondary N) is 1. The zero-order chi connectivity index (χ0) is 14.4. The van der Waals surface area contributed by atoms with Crippen LogP contribution in [0.2, 0.25) is 0 Å². The molecule has 1 heterocycles. The third-order valence-corrected chi connectivity index (χ3v) is 3.49. The third kappa shape index (κ3) is 4.36. The second-order valence-electron chi connectivity index (χ2n) is 4.84. The van der Waals surface area contributed by atoms with Crippen LogP contribution in [0.3, 0.4) is 0 Å². The zero-order valence-electron chi connectivity index (χ0n) is 11.3. The molecule has 0 radical (unpaired) electrons. The number of carbonyl (C=O) groups is 2. The van der Waals surface area contributed by atoms with E-state index in [9.17, 15) is 9.59 Å². The molecule has 0 bridgehead atoms. The smallest absolute Gasteiger partial charge is 0.326 e. The van der Waals surface area contributed by atoms with Gasteiger partial charge in [0.2, 0.25) is 0 Å². The van der Waals surface area contributed by atoms with E-state index >= 15 is 0 Å². The highest BCUT2D eigenvalue weighted by Gasteiger charge is 2.30. The maximum Gasteiger partial charge on any atom is 0.326 e. The minimum Gasteiger partial charge on any atom is -0.480 e. The van der Waals surface area contributed by atoms with Crippen molar-refractivity contribution < 1.29 is 24.5 Å². The number of carboxylic acids is 1. The quantitative estimate of drug-likeness (QED) is 0.649. The van der Waals surface area contributed by atoms with Crippen molar-refractivity contribution in [2.24, 2.45) is 5.92 Å². The number of urea groups is 1. The van der Waals surface area contributed by atoms with Crippen molar-refractivity contribution in [2.75, 3.05) is 26.8 Å². The van der Waals surface area contributed by atoms with E-state index in [-0.39, 0.29) is 19.1 Å². The molecule has 3 N–H and O–H groups in total. The average Bonchev–Trinajstić information content (AvgIpc) is 2.38. The number of aliphatic hydroxyl groups excluding tert-OH is 1. The number of aliphatic carboxylic acids is 1. The van der Waals surface area contributed by atoms with Gasteiger partial charge in [0.25, 0.3) is 0 Å². The number of aliphatic hydroxyl groups is 1. The van der Waals surface area contributed by atoms with Crippen LogP contribution >= 0.6 is 0 Å². The summed E-state index contributed by atoms with van der Waals surface area (Å²) in [5.74, 6) is -0.766. The molecule has 0 aromatic carbocycles. The molecule has 1 fully saturated rings. The molecule has 0 aliphatic carbocycles. The van der Waals surface area contributed by atoms with Crippen LogP contribution in [0.1, 0.15) is 19.8 Å². The molecule has 3 unspecified atom stereocenters. The Bertz CT molecular complexity index is 323. The van der Waals surface area contributed by atoms with Gasteiger partial charge in [0.1, 0.15) is 6.04 Å². The summed E-state index contributed by atoms with van der Waals surface area (Å²) in [4.78, 5) is 24.4. The number of ether oxygens (including phenoxy) is 1. The molecule has 0 aromatic rings. The first-order chi connectivity index (χ1) is 8.99.